The van der Waals surface area contributed by atoms with Crippen LogP contribution in [0, 0.1) is 11.6 Å². The normalized spacial score (nSPS) is 17.4. The average Bonchev–Trinajstić information content (AvgIpc) is 2.91. The van der Waals surface area contributed by atoms with Gasteiger partial charge in [0.1, 0.15) is 11.9 Å². The number of anilines is 1. The highest BCUT2D eigenvalue weighted by atomic mass is 19.1. The Kier molecular flexibility index (Phi) is 3.87. The Morgan fingerprint density at radius 1 is 1.17 bits per heavy atom. The molecule has 0 unspecified atom stereocenters. The van der Waals surface area contributed by atoms with Gasteiger partial charge in [-0.2, -0.15) is 0 Å². The zero-order chi connectivity index (χ0) is 16.6. The summed E-state index contributed by atoms with van der Waals surface area (Å²) < 4.78 is 32.3. The molecule has 23 heavy (non-hydrogen) atoms. The molecule has 0 saturated carbocycles. The third kappa shape index (κ3) is 2.83. The highest BCUT2D eigenvalue weighted by Crippen LogP contribution is 2.31. The van der Waals surface area contributed by atoms with Gasteiger partial charge in [0.05, 0.1) is 18.8 Å². The maximum Gasteiger partial charge on any atom is 0.414 e. The number of cyclic esters (lactones) is 1. The summed E-state index contributed by atoms with van der Waals surface area (Å²) in [4.78, 5) is 12.9. The number of aliphatic hydroxyl groups is 1. The van der Waals surface area contributed by atoms with Gasteiger partial charge in [-0.1, -0.05) is 6.07 Å². The molecule has 1 heterocycles. The Hall–Kier alpha value is -2.67. The van der Waals surface area contributed by atoms with Crippen molar-refractivity contribution >= 4 is 11.8 Å². The molecule has 1 aliphatic heterocycles. The van der Waals surface area contributed by atoms with E-state index in [-0.39, 0.29) is 18.7 Å². The van der Waals surface area contributed by atoms with Gasteiger partial charge >= 0.3 is 6.09 Å². The number of carbonyl (C=O) groups excluding carboxylic acids is 1. The summed E-state index contributed by atoms with van der Waals surface area (Å²) in [6.45, 7) is -0.177. The fourth-order valence-electron chi connectivity index (χ4n) is 2.41. The van der Waals surface area contributed by atoms with Crippen LogP contribution in [0.5, 0.6) is 5.75 Å². The van der Waals surface area contributed by atoms with E-state index < -0.39 is 29.6 Å². The van der Waals surface area contributed by atoms with Gasteiger partial charge in [-0.3, -0.25) is 4.90 Å². The van der Waals surface area contributed by atoms with Gasteiger partial charge < -0.3 is 14.9 Å². The molecule has 1 saturated heterocycles. The summed E-state index contributed by atoms with van der Waals surface area (Å²) >= 11 is 0. The fourth-order valence-corrected chi connectivity index (χ4v) is 2.41. The molecule has 0 aliphatic carbocycles. The standard InChI is InChI=1S/C16H13F2NO4/c17-13-4-1-9(5-15(13)21)12-3-2-10(6-14(12)18)19-7-11(8-20)23-16(19)22/h1-6,11,20-21H,7-8H2/t11-/m1/s1. The Balaban J connectivity index is 1.92. The number of benzene rings is 2. The molecular weight excluding hydrogens is 308 g/mol. The lowest BCUT2D eigenvalue weighted by Gasteiger charge is -2.14. The van der Waals surface area contributed by atoms with Crippen molar-refractivity contribution in [3.63, 3.8) is 0 Å². The summed E-state index contributed by atoms with van der Waals surface area (Å²) in [5, 5.41) is 18.4. The molecule has 5 nitrogen and oxygen atoms in total. The van der Waals surface area contributed by atoms with Crippen molar-refractivity contribution in [2.45, 2.75) is 6.10 Å². The molecule has 0 spiro atoms. The molecule has 0 radical (unpaired) electrons. The van der Waals surface area contributed by atoms with Crippen LogP contribution in [0.25, 0.3) is 11.1 Å². The molecule has 0 aromatic heterocycles. The van der Waals surface area contributed by atoms with Crippen molar-refractivity contribution in [3.05, 3.63) is 48.0 Å². The minimum absolute atomic E-state index is 0.130. The van der Waals surface area contributed by atoms with Gasteiger partial charge in [-0.05, 0) is 35.9 Å². The molecule has 2 aromatic rings. The number of hydrogen-bond acceptors (Lipinski definition) is 4. The van der Waals surface area contributed by atoms with E-state index in [9.17, 15) is 18.7 Å². The lowest BCUT2D eigenvalue weighted by molar-refractivity contribution is 0.0963. The molecule has 2 N–H and O–H groups in total. The number of ether oxygens (including phenoxy) is 1. The number of halogens is 2. The highest BCUT2D eigenvalue weighted by molar-refractivity contribution is 5.90. The van der Waals surface area contributed by atoms with Crippen LogP contribution < -0.4 is 4.90 Å². The van der Waals surface area contributed by atoms with Crippen LogP contribution in [0.4, 0.5) is 19.3 Å². The summed E-state index contributed by atoms with van der Waals surface area (Å²) in [7, 11) is 0. The lowest BCUT2D eigenvalue weighted by atomic mass is 10.0. The third-order valence-electron chi connectivity index (χ3n) is 3.60. The van der Waals surface area contributed by atoms with Crippen LogP contribution in [0.1, 0.15) is 0 Å². The summed E-state index contributed by atoms with van der Waals surface area (Å²) in [5.41, 5.74) is 0.763. The van der Waals surface area contributed by atoms with E-state index in [0.29, 0.717) is 11.3 Å². The molecule has 1 amide bonds. The summed E-state index contributed by atoms with van der Waals surface area (Å²) in [5.74, 6) is -1.99. The Morgan fingerprint density at radius 3 is 2.57 bits per heavy atom. The van der Waals surface area contributed by atoms with E-state index in [1.807, 2.05) is 0 Å². The van der Waals surface area contributed by atoms with E-state index in [4.69, 9.17) is 9.84 Å². The summed E-state index contributed by atoms with van der Waals surface area (Å²) in [6, 6.07) is 7.60. The van der Waals surface area contributed by atoms with Crippen molar-refractivity contribution in [3.8, 4) is 16.9 Å². The number of carbonyl (C=O) groups is 1. The second kappa shape index (κ2) is 5.85. The first-order chi connectivity index (χ1) is 11.0. The summed E-state index contributed by atoms with van der Waals surface area (Å²) in [6.07, 6.45) is -1.30. The van der Waals surface area contributed by atoms with Crippen LogP contribution in [0.3, 0.4) is 0 Å². The molecular formula is C16H13F2NO4. The molecule has 7 heteroatoms. The first-order valence-electron chi connectivity index (χ1n) is 6.87. The van der Waals surface area contributed by atoms with Crippen LogP contribution in [-0.2, 0) is 4.74 Å². The maximum absolute atomic E-state index is 14.3. The number of phenolic OH excluding ortho intramolecular Hbond substituents is 1. The first-order valence-corrected chi connectivity index (χ1v) is 6.87. The van der Waals surface area contributed by atoms with Crippen molar-refractivity contribution in [2.24, 2.45) is 0 Å². The number of aromatic hydroxyl groups is 1. The van der Waals surface area contributed by atoms with E-state index in [1.54, 1.807) is 0 Å². The van der Waals surface area contributed by atoms with Gasteiger partial charge in [0, 0.05) is 5.56 Å². The highest BCUT2D eigenvalue weighted by Gasteiger charge is 2.32. The van der Waals surface area contributed by atoms with Crippen LogP contribution >= 0.6 is 0 Å². The van der Waals surface area contributed by atoms with Gasteiger partial charge in [0.15, 0.2) is 11.6 Å². The van der Waals surface area contributed by atoms with Crippen LogP contribution in [0.15, 0.2) is 36.4 Å². The second-order valence-corrected chi connectivity index (χ2v) is 5.13. The topological polar surface area (TPSA) is 70.0 Å². The molecule has 0 bridgehead atoms. The molecule has 1 fully saturated rings. The van der Waals surface area contributed by atoms with Crippen molar-refractivity contribution in [1.82, 2.24) is 0 Å². The minimum Gasteiger partial charge on any atom is -0.505 e. The Morgan fingerprint density at radius 2 is 1.96 bits per heavy atom. The number of phenols is 1. The number of amides is 1. The minimum atomic E-state index is -0.791. The van der Waals surface area contributed by atoms with E-state index in [1.165, 1.54) is 23.1 Å². The largest absolute Gasteiger partial charge is 0.505 e. The van der Waals surface area contributed by atoms with E-state index >= 15 is 0 Å². The average molecular weight is 321 g/mol. The number of hydrogen-bond donors (Lipinski definition) is 2. The van der Waals surface area contributed by atoms with Gasteiger partial charge in [-0.15, -0.1) is 0 Å². The van der Waals surface area contributed by atoms with Gasteiger partial charge in [-0.25, -0.2) is 13.6 Å². The van der Waals surface area contributed by atoms with Crippen molar-refractivity contribution in [1.29, 1.82) is 0 Å². The smallest absolute Gasteiger partial charge is 0.414 e. The predicted molar refractivity (Wildman–Crippen MR) is 78.2 cm³/mol. The van der Waals surface area contributed by atoms with E-state index in [2.05, 4.69) is 0 Å². The zero-order valence-corrected chi connectivity index (χ0v) is 11.9. The molecule has 2 aromatic carbocycles. The molecule has 120 valence electrons. The van der Waals surface area contributed by atoms with Crippen molar-refractivity contribution < 1.29 is 28.5 Å². The molecule has 1 atom stereocenters. The first kappa shape index (κ1) is 15.2. The quantitative estimate of drug-likeness (QED) is 0.912. The van der Waals surface area contributed by atoms with Gasteiger partial charge in [0.25, 0.3) is 0 Å². The number of rotatable bonds is 3. The molecule has 1 aliphatic rings. The maximum atomic E-state index is 14.3. The predicted octanol–water partition coefficient (Wildman–Crippen LogP) is 2.65. The third-order valence-corrected chi connectivity index (χ3v) is 3.60. The Bertz CT molecular complexity index is 766. The molecule has 3 rings (SSSR count). The fraction of sp³-hybridized carbons (Fsp3) is 0.188. The zero-order valence-electron chi connectivity index (χ0n) is 11.9. The van der Waals surface area contributed by atoms with Crippen LogP contribution in [0.2, 0.25) is 0 Å². The number of nitrogens with zero attached hydrogens (tertiary/aromatic N) is 1. The lowest BCUT2D eigenvalue weighted by Crippen LogP contribution is -2.25. The number of aliphatic hydroxyl groups excluding tert-OH is 1. The monoisotopic (exact) mass is 321 g/mol. The van der Waals surface area contributed by atoms with Gasteiger partial charge in [0.2, 0.25) is 0 Å². The second-order valence-electron chi connectivity index (χ2n) is 5.13. The van der Waals surface area contributed by atoms with Crippen molar-refractivity contribution in [2.75, 3.05) is 18.1 Å². The van der Waals surface area contributed by atoms with E-state index in [0.717, 1.165) is 18.2 Å². The SMILES string of the molecule is O=C1O[C@@H](CO)CN1c1ccc(-c2ccc(F)c(O)c2)c(F)c1. The van der Waals surface area contributed by atoms with Crippen LogP contribution in [-0.4, -0.2) is 35.6 Å². The Labute approximate surface area is 130 Å².